The van der Waals surface area contributed by atoms with Crippen molar-refractivity contribution in [1.82, 2.24) is 0 Å². The minimum absolute atomic E-state index is 0.263. The van der Waals surface area contributed by atoms with Crippen LogP contribution >= 0.6 is 11.6 Å². The SMILES string of the molecule is O=C([O-])[C@H](O)c1ccc(Cl)cc1. The van der Waals surface area contributed by atoms with Crippen molar-refractivity contribution in [2.45, 2.75) is 6.10 Å². The average molecular weight is 186 g/mol. The van der Waals surface area contributed by atoms with Crippen molar-refractivity contribution >= 4 is 17.6 Å². The number of aliphatic carboxylic acids is 1. The summed E-state index contributed by atoms with van der Waals surface area (Å²) < 4.78 is 0. The number of benzene rings is 1. The first kappa shape index (κ1) is 9.03. The number of hydrogen-bond donors (Lipinski definition) is 1. The number of carbonyl (C=O) groups excluding carboxylic acids is 1. The molecule has 0 fully saturated rings. The van der Waals surface area contributed by atoms with E-state index in [1.807, 2.05) is 0 Å². The van der Waals surface area contributed by atoms with Gasteiger partial charge in [0.2, 0.25) is 0 Å². The Hall–Kier alpha value is -1.06. The lowest BCUT2D eigenvalue weighted by Crippen LogP contribution is -2.29. The number of hydrogen-bond acceptors (Lipinski definition) is 3. The highest BCUT2D eigenvalue weighted by Crippen LogP contribution is 2.15. The highest BCUT2D eigenvalue weighted by Gasteiger charge is 2.06. The van der Waals surface area contributed by atoms with Crippen LogP contribution in [0.1, 0.15) is 11.7 Å². The first-order valence-electron chi connectivity index (χ1n) is 3.25. The van der Waals surface area contributed by atoms with E-state index in [1.54, 1.807) is 0 Å². The van der Waals surface area contributed by atoms with E-state index in [9.17, 15) is 9.90 Å². The predicted octanol–water partition coefficient (Wildman–Crippen LogP) is 0.123. The molecule has 0 saturated heterocycles. The molecule has 0 amide bonds. The molecule has 0 heterocycles. The van der Waals surface area contributed by atoms with Gasteiger partial charge in [-0.05, 0) is 17.7 Å². The van der Waals surface area contributed by atoms with E-state index in [2.05, 4.69) is 0 Å². The first-order valence-corrected chi connectivity index (χ1v) is 3.63. The fourth-order valence-electron chi connectivity index (χ4n) is 0.781. The molecule has 0 saturated carbocycles. The lowest BCUT2D eigenvalue weighted by Gasteiger charge is -2.10. The molecule has 1 aromatic carbocycles. The van der Waals surface area contributed by atoms with Gasteiger partial charge in [-0.3, -0.25) is 0 Å². The number of carboxylic acid groups (broad SMARTS) is 1. The van der Waals surface area contributed by atoms with E-state index in [4.69, 9.17) is 16.7 Å². The Morgan fingerprint density at radius 1 is 1.42 bits per heavy atom. The van der Waals surface area contributed by atoms with E-state index in [0.717, 1.165) is 0 Å². The second kappa shape index (κ2) is 3.56. The number of halogens is 1. The van der Waals surface area contributed by atoms with Gasteiger partial charge in [-0.1, -0.05) is 23.7 Å². The molecule has 3 nitrogen and oxygen atoms in total. The number of aliphatic hydroxyl groups excluding tert-OH is 1. The Morgan fingerprint density at radius 2 is 1.92 bits per heavy atom. The summed E-state index contributed by atoms with van der Waals surface area (Å²) in [5.41, 5.74) is 0.263. The quantitative estimate of drug-likeness (QED) is 0.712. The molecule has 1 rings (SSSR count). The maximum absolute atomic E-state index is 10.2. The molecule has 0 aliphatic rings. The molecule has 4 heteroatoms. The van der Waals surface area contributed by atoms with Crippen LogP contribution in [0, 0.1) is 0 Å². The van der Waals surface area contributed by atoms with Crippen molar-refractivity contribution in [3.63, 3.8) is 0 Å². The molecule has 0 aliphatic heterocycles. The van der Waals surface area contributed by atoms with E-state index in [1.165, 1.54) is 24.3 Å². The number of carboxylic acids is 1. The minimum atomic E-state index is -1.58. The summed E-state index contributed by atoms with van der Waals surface area (Å²) >= 11 is 5.55. The summed E-state index contributed by atoms with van der Waals surface area (Å²) in [6, 6.07) is 5.87. The predicted molar refractivity (Wildman–Crippen MR) is 41.4 cm³/mol. The van der Waals surface area contributed by atoms with Crippen molar-refractivity contribution in [1.29, 1.82) is 0 Å². The first-order chi connectivity index (χ1) is 5.61. The molecule has 0 aliphatic carbocycles. The Morgan fingerprint density at radius 3 is 2.33 bits per heavy atom. The number of aliphatic hydroxyl groups is 1. The van der Waals surface area contributed by atoms with Crippen molar-refractivity contribution in [3.05, 3.63) is 34.9 Å². The van der Waals surface area contributed by atoms with Crippen LogP contribution in [0.3, 0.4) is 0 Å². The normalized spacial score (nSPS) is 12.5. The van der Waals surface area contributed by atoms with Gasteiger partial charge in [0.15, 0.2) is 0 Å². The average Bonchev–Trinajstić information content (AvgIpc) is 2.04. The van der Waals surface area contributed by atoms with Gasteiger partial charge in [0.05, 0.1) is 5.97 Å². The Bertz CT molecular complexity index is 281. The fourth-order valence-corrected chi connectivity index (χ4v) is 0.907. The third-order valence-corrected chi connectivity index (χ3v) is 1.66. The molecule has 0 unspecified atom stereocenters. The molecule has 0 spiro atoms. The third-order valence-electron chi connectivity index (χ3n) is 1.41. The summed E-state index contributed by atoms with van der Waals surface area (Å²) in [5, 5.41) is 19.7. The molecular formula is C8H6ClO3-. The highest BCUT2D eigenvalue weighted by molar-refractivity contribution is 6.30. The maximum atomic E-state index is 10.2. The summed E-state index contributed by atoms with van der Waals surface area (Å²) in [4.78, 5) is 10.2. The van der Waals surface area contributed by atoms with E-state index >= 15 is 0 Å². The molecule has 64 valence electrons. The zero-order valence-electron chi connectivity index (χ0n) is 6.03. The van der Waals surface area contributed by atoms with E-state index in [0.29, 0.717) is 5.02 Å². The molecule has 0 radical (unpaired) electrons. The molecule has 12 heavy (non-hydrogen) atoms. The Labute approximate surface area is 74.2 Å². The smallest absolute Gasteiger partial charge is 0.118 e. The number of carbonyl (C=O) groups is 1. The Kier molecular flexibility index (Phi) is 2.68. The monoisotopic (exact) mass is 185 g/mol. The second-order valence-electron chi connectivity index (χ2n) is 2.27. The van der Waals surface area contributed by atoms with Crippen LogP contribution in [0.15, 0.2) is 24.3 Å². The topological polar surface area (TPSA) is 60.4 Å². The second-order valence-corrected chi connectivity index (χ2v) is 2.71. The van der Waals surface area contributed by atoms with Crippen LogP contribution in [-0.2, 0) is 4.79 Å². The molecule has 0 aromatic heterocycles. The van der Waals surface area contributed by atoms with Crippen LogP contribution in [-0.4, -0.2) is 11.1 Å². The molecule has 1 aromatic rings. The van der Waals surface area contributed by atoms with Crippen LogP contribution in [0.2, 0.25) is 5.02 Å². The van der Waals surface area contributed by atoms with E-state index in [-0.39, 0.29) is 5.56 Å². The van der Waals surface area contributed by atoms with Crippen molar-refractivity contribution in [2.75, 3.05) is 0 Å². The zero-order valence-corrected chi connectivity index (χ0v) is 6.78. The van der Waals surface area contributed by atoms with E-state index < -0.39 is 12.1 Å². The summed E-state index contributed by atoms with van der Waals surface area (Å²) in [6.45, 7) is 0. The summed E-state index contributed by atoms with van der Waals surface area (Å²) in [7, 11) is 0. The van der Waals surface area contributed by atoms with Crippen molar-refractivity contribution in [3.8, 4) is 0 Å². The van der Waals surface area contributed by atoms with Crippen LogP contribution in [0.4, 0.5) is 0 Å². The van der Waals surface area contributed by atoms with Crippen molar-refractivity contribution < 1.29 is 15.0 Å². The van der Waals surface area contributed by atoms with Gasteiger partial charge in [-0.2, -0.15) is 0 Å². The molecule has 1 N–H and O–H groups in total. The summed E-state index contributed by atoms with van der Waals surface area (Å²) in [6.07, 6.45) is -1.58. The van der Waals surface area contributed by atoms with Gasteiger partial charge in [0.25, 0.3) is 0 Å². The fraction of sp³-hybridized carbons (Fsp3) is 0.125. The maximum Gasteiger partial charge on any atom is 0.118 e. The van der Waals surface area contributed by atoms with Gasteiger partial charge in [0.1, 0.15) is 6.10 Å². The standard InChI is InChI=1S/C8H7ClO3/c9-6-3-1-5(2-4-6)7(10)8(11)12/h1-4,7,10H,(H,11,12)/p-1/t7-/m1/s1. The van der Waals surface area contributed by atoms with Gasteiger partial charge in [-0.15, -0.1) is 0 Å². The lowest BCUT2D eigenvalue weighted by molar-refractivity contribution is -0.315. The molecular weight excluding hydrogens is 180 g/mol. The third kappa shape index (κ3) is 1.96. The lowest BCUT2D eigenvalue weighted by atomic mass is 10.1. The van der Waals surface area contributed by atoms with Gasteiger partial charge >= 0.3 is 0 Å². The minimum Gasteiger partial charge on any atom is -0.547 e. The zero-order chi connectivity index (χ0) is 9.14. The molecule has 1 atom stereocenters. The van der Waals surface area contributed by atoms with Crippen LogP contribution in [0.5, 0.6) is 0 Å². The van der Waals surface area contributed by atoms with Crippen LogP contribution < -0.4 is 5.11 Å². The van der Waals surface area contributed by atoms with Gasteiger partial charge < -0.3 is 15.0 Å². The highest BCUT2D eigenvalue weighted by atomic mass is 35.5. The van der Waals surface area contributed by atoms with Gasteiger partial charge in [-0.25, -0.2) is 0 Å². The van der Waals surface area contributed by atoms with Gasteiger partial charge in [0, 0.05) is 5.02 Å². The van der Waals surface area contributed by atoms with Crippen LogP contribution in [0.25, 0.3) is 0 Å². The molecule has 0 bridgehead atoms. The largest absolute Gasteiger partial charge is 0.547 e. The summed E-state index contributed by atoms with van der Waals surface area (Å²) in [5.74, 6) is -1.52. The number of rotatable bonds is 2. The Balaban J connectivity index is 2.89. The van der Waals surface area contributed by atoms with Crippen molar-refractivity contribution in [2.24, 2.45) is 0 Å².